The molecule has 0 bridgehead atoms. The van der Waals surface area contributed by atoms with Gasteiger partial charge in [-0.25, -0.2) is 4.79 Å². The molecule has 2 aromatic rings. The van der Waals surface area contributed by atoms with Gasteiger partial charge in [-0.15, -0.1) is 11.8 Å². The van der Waals surface area contributed by atoms with E-state index in [0.717, 1.165) is 11.3 Å². The smallest absolute Gasteiger partial charge is 0.337 e. The zero-order valence-corrected chi connectivity index (χ0v) is 12.3. The van der Waals surface area contributed by atoms with E-state index in [4.69, 9.17) is 4.74 Å². The van der Waals surface area contributed by atoms with Gasteiger partial charge in [0.05, 0.1) is 12.7 Å². The van der Waals surface area contributed by atoms with E-state index in [1.807, 2.05) is 6.26 Å². The van der Waals surface area contributed by atoms with Crippen molar-refractivity contribution in [1.82, 2.24) is 0 Å². The number of hydrogen-bond donors (Lipinski definition) is 0. The van der Waals surface area contributed by atoms with Crippen LogP contribution >= 0.6 is 11.8 Å². The van der Waals surface area contributed by atoms with Gasteiger partial charge in [-0.05, 0) is 48.2 Å². The standard InChI is InChI=1S/C16H16O3S/c1-18-16(17)13-5-7-14(8-6-13)19-11-12-3-9-15(20-2)10-4-12/h3-10H,11H2,1-2H3. The van der Waals surface area contributed by atoms with Crippen molar-refractivity contribution in [3.05, 3.63) is 59.7 Å². The van der Waals surface area contributed by atoms with Gasteiger partial charge in [-0.3, -0.25) is 0 Å². The minimum atomic E-state index is -0.343. The van der Waals surface area contributed by atoms with Crippen molar-refractivity contribution in [3.63, 3.8) is 0 Å². The van der Waals surface area contributed by atoms with Gasteiger partial charge in [-0.1, -0.05) is 12.1 Å². The number of ether oxygens (including phenoxy) is 2. The summed E-state index contributed by atoms with van der Waals surface area (Å²) in [5, 5.41) is 0. The Hall–Kier alpha value is -1.94. The van der Waals surface area contributed by atoms with Crippen LogP contribution in [0.5, 0.6) is 5.75 Å². The first-order valence-electron chi connectivity index (χ1n) is 6.17. The summed E-state index contributed by atoms with van der Waals surface area (Å²) in [6.07, 6.45) is 2.05. The number of thioether (sulfide) groups is 1. The first-order valence-corrected chi connectivity index (χ1v) is 7.39. The van der Waals surface area contributed by atoms with Crippen LogP contribution in [0.25, 0.3) is 0 Å². The summed E-state index contributed by atoms with van der Waals surface area (Å²) in [7, 11) is 1.37. The van der Waals surface area contributed by atoms with Crippen LogP contribution in [0.2, 0.25) is 0 Å². The summed E-state index contributed by atoms with van der Waals surface area (Å²) in [4.78, 5) is 12.5. The number of esters is 1. The third-order valence-electron chi connectivity index (χ3n) is 2.84. The van der Waals surface area contributed by atoms with Crippen molar-refractivity contribution in [2.75, 3.05) is 13.4 Å². The lowest BCUT2D eigenvalue weighted by Crippen LogP contribution is -2.01. The number of rotatable bonds is 5. The van der Waals surface area contributed by atoms with Crippen LogP contribution in [0.4, 0.5) is 0 Å². The molecule has 0 heterocycles. The Balaban J connectivity index is 1.94. The highest BCUT2D eigenvalue weighted by molar-refractivity contribution is 7.98. The van der Waals surface area contributed by atoms with E-state index in [0.29, 0.717) is 12.2 Å². The molecule has 0 aliphatic heterocycles. The topological polar surface area (TPSA) is 35.5 Å². The maximum Gasteiger partial charge on any atom is 0.337 e. The minimum absolute atomic E-state index is 0.343. The van der Waals surface area contributed by atoms with Gasteiger partial charge < -0.3 is 9.47 Å². The first-order chi connectivity index (χ1) is 9.72. The fraction of sp³-hybridized carbons (Fsp3) is 0.188. The van der Waals surface area contributed by atoms with Gasteiger partial charge in [0.2, 0.25) is 0 Å². The highest BCUT2D eigenvalue weighted by Crippen LogP contribution is 2.17. The van der Waals surface area contributed by atoms with Crippen LogP contribution in [-0.4, -0.2) is 19.3 Å². The SMILES string of the molecule is COC(=O)c1ccc(OCc2ccc(SC)cc2)cc1. The molecule has 0 saturated carbocycles. The minimum Gasteiger partial charge on any atom is -0.489 e. The molecular weight excluding hydrogens is 272 g/mol. The lowest BCUT2D eigenvalue weighted by atomic mass is 10.2. The molecule has 2 rings (SSSR count). The Labute approximate surface area is 122 Å². The molecule has 0 aromatic heterocycles. The molecule has 2 aromatic carbocycles. The van der Waals surface area contributed by atoms with Crippen LogP contribution in [0.3, 0.4) is 0 Å². The van der Waals surface area contributed by atoms with Gasteiger partial charge >= 0.3 is 5.97 Å². The molecule has 0 saturated heterocycles. The van der Waals surface area contributed by atoms with E-state index in [9.17, 15) is 4.79 Å². The predicted molar refractivity (Wildman–Crippen MR) is 80.3 cm³/mol. The quantitative estimate of drug-likeness (QED) is 0.619. The van der Waals surface area contributed by atoms with Gasteiger partial charge in [0.1, 0.15) is 12.4 Å². The molecule has 20 heavy (non-hydrogen) atoms. The van der Waals surface area contributed by atoms with Crippen molar-refractivity contribution >= 4 is 17.7 Å². The van der Waals surface area contributed by atoms with Crippen molar-refractivity contribution < 1.29 is 14.3 Å². The molecule has 0 radical (unpaired) electrons. The Kier molecular flexibility index (Phi) is 5.07. The third kappa shape index (κ3) is 3.78. The average Bonchev–Trinajstić information content (AvgIpc) is 2.53. The summed E-state index contributed by atoms with van der Waals surface area (Å²) in [6.45, 7) is 0.506. The summed E-state index contributed by atoms with van der Waals surface area (Å²) in [5.41, 5.74) is 1.63. The molecule has 0 unspecified atom stereocenters. The van der Waals surface area contributed by atoms with Gasteiger partial charge in [0, 0.05) is 4.90 Å². The molecule has 104 valence electrons. The Bertz CT molecular complexity index is 561. The molecule has 0 spiro atoms. The number of carbonyl (C=O) groups excluding carboxylic acids is 1. The van der Waals surface area contributed by atoms with E-state index in [-0.39, 0.29) is 5.97 Å². The van der Waals surface area contributed by atoms with Crippen molar-refractivity contribution in [2.45, 2.75) is 11.5 Å². The molecule has 3 nitrogen and oxygen atoms in total. The molecule has 0 amide bonds. The maximum absolute atomic E-state index is 11.3. The molecular formula is C16H16O3S. The predicted octanol–water partition coefficient (Wildman–Crippen LogP) is 3.77. The van der Waals surface area contributed by atoms with Crippen LogP contribution < -0.4 is 4.74 Å². The molecule has 0 N–H and O–H groups in total. The molecule has 4 heteroatoms. The first kappa shape index (κ1) is 14.5. The van der Waals surface area contributed by atoms with Gasteiger partial charge in [0.15, 0.2) is 0 Å². The number of hydrogen-bond acceptors (Lipinski definition) is 4. The van der Waals surface area contributed by atoms with Gasteiger partial charge in [0.25, 0.3) is 0 Å². The summed E-state index contributed by atoms with van der Waals surface area (Å²) in [5.74, 6) is 0.385. The molecule has 0 fully saturated rings. The van der Waals surface area contributed by atoms with Crippen LogP contribution in [0.15, 0.2) is 53.4 Å². The Morgan fingerprint density at radius 1 is 1.05 bits per heavy atom. The monoisotopic (exact) mass is 288 g/mol. The molecule has 0 aliphatic rings. The summed E-state index contributed by atoms with van der Waals surface area (Å²) >= 11 is 1.71. The van der Waals surface area contributed by atoms with Crippen LogP contribution in [-0.2, 0) is 11.3 Å². The van der Waals surface area contributed by atoms with E-state index in [1.165, 1.54) is 12.0 Å². The Morgan fingerprint density at radius 3 is 2.25 bits per heavy atom. The molecule has 0 atom stereocenters. The highest BCUT2D eigenvalue weighted by atomic mass is 32.2. The number of benzene rings is 2. The molecule has 0 aliphatic carbocycles. The van der Waals surface area contributed by atoms with E-state index in [1.54, 1.807) is 36.0 Å². The van der Waals surface area contributed by atoms with Crippen LogP contribution in [0, 0.1) is 0 Å². The van der Waals surface area contributed by atoms with Gasteiger partial charge in [-0.2, -0.15) is 0 Å². The normalized spacial score (nSPS) is 10.1. The maximum atomic E-state index is 11.3. The van der Waals surface area contributed by atoms with Crippen LogP contribution in [0.1, 0.15) is 15.9 Å². The van der Waals surface area contributed by atoms with E-state index < -0.39 is 0 Å². The number of methoxy groups -OCH3 is 1. The average molecular weight is 288 g/mol. The second kappa shape index (κ2) is 7.01. The largest absolute Gasteiger partial charge is 0.489 e. The second-order valence-corrected chi connectivity index (χ2v) is 5.03. The number of carbonyl (C=O) groups is 1. The fourth-order valence-electron chi connectivity index (χ4n) is 1.69. The zero-order valence-electron chi connectivity index (χ0n) is 11.5. The third-order valence-corrected chi connectivity index (χ3v) is 3.58. The second-order valence-electron chi connectivity index (χ2n) is 4.15. The lowest BCUT2D eigenvalue weighted by Gasteiger charge is -2.07. The zero-order chi connectivity index (χ0) is 14.4. The highest BCUT2D eigenvalue weighted by Gasteiger charge is 2.04. The summed E-state index contributed by atoms with van der Waals surface area (Å²) in [6, 6.07) is 15.2. The summed E-state index contributed by atoms with van der Waals surface area (Å²) < 4.78 is 10.3. The fourth-order valence-corrected chi connectivity index (χ4v) is 2.10. The van der Waals surface area contributed by atoms with E-state index in [2.05, 4.69) is 29.0 Å². The lowest BCUT2D eigenvalue weighted by molar-refractivity contribution is 0.0600. The van der Waals surface area contributed by atoms with E-state index >= 15 is 0 Å². The van der Waals surface area contributed by atoms with Crippen molar-refractivity contribution in [1.29, 1.82) is 0 Å². The van der Waals surface area contributed by atoms with Crippen molar-refractivity contribution in [3.8, 4) is 5.75 Å². The van der Waals surface area contributed by atoms with Crippen molar-refractivity contribution in [2.24, 2.45) is 0 Å². The Morgan fingerprint density at radius 2 is 1.70 bits per heavy atom.